The first kappa shape index (κ1) is 25.5. The van der Waals surface area contributed by atoms with Crippen molar-refractivity contribution in [2.75, 3.05) is 6.54 Å². The predicted molar refractivity (Wildman–Crippen MR) is 102 cm³/mol. The average molecular weight is 400 g/mol. The molecular formula is C18H32N4O6. The lowest BCUT2D eigenvalue weighted by atomic mass is 10.1. The molecule has 160 valence electrons. The van der Waals surface area contributed by atoms with Gasteiger partial charge in [0.1, 0.15) is 12.1 Å². The predicted octanol–water partition coefficient (Wildman–Crippen LogP) is -0.391. The van der Waals surface area contributed by atoms with Crippen LogP contribution in [-0.4, -0.2) is 64.3 Å². The van der Waals surface area contributed by atoms with E-state index >= 15 is 0 Å². The number of amides is 4. The second-order valence-electron chi connectivity index (χ2n) is 7.18. The number of rotatable bonds is 11. The molecule has 0 spiro atoms. The Hall–Kier alpha value is -2.49. The average Bonchev–Trinajstić information content (AvgIpc) is 2.58. The lowest BCUT2D eigenvalue weighted by Crippen LogP contribution is -2.57. The summed E-state index contributed by atoms with van der Waals surface area (Å²) in [7, 11) is 0. The van der Waals surface area contributed by atoms with Crippen LogP contribution in [0.3, 0.4) is 0 Å². The van der Waals surface area contributed by atoms with E-state index in [1.165, 1.54) is 20.8 Å². The number of carbonyl (C=O) groups is 5. The quantitative estimate of drug-likeness (QED) is 0.367. The molecule has 0 fully saturated rings. The number of carboxylic acid groups (broad SMARTS) is 1. The Labute approximate surface area is 165 Å². The van der Waals surface area contributed by atoms with Gasteiger partial charge in [-0.1, -0.05) is 13.8 Å². The van der Waals surface area contributed by atoms with E-state index < -0.39 is 41.8 Å². The fourth-order valence-corrected chi connectivity index (χ4v) is 2.24. The van der Waals surface area contributed by atoms with Gasteiger partial charge in [0, 0.05) is 19.4 Å². The monoisotopic (exact) mass is 400 g/mol. The minimum absolute atomic E-state index is 0.0270. The summed E-state index contributed by atoms with van der Waals surface area (Å²) >= 11 is 0. The van der Waals surface area contributed by atoms with Crippen molar-refractivity contribution in [1.29, 1.82) is 0 Å². The van der Waals surface area contributed by atoms with E-state index in [2.05, 4.69) is 10.6 Å². The van der Waals surface area contributed by atoms with Crippen molar-refractivity contribution in [3.63, 3.8) is 0 Å². The first-order chi connectivity index (χ1) is 12.9. The maximum Gasteiger partial charge on any atom is 0.303 e. The van der Waals surface area contributed by atoms with Gasteiger partial charge < -0.3 is 21.5 Å². The van der Waals surface area contributed by atoms with Crippen molar-refractivity contribution >= 4 is 29.6 Å². The van der Waals surface area contributed by atoms with Crippen LogP contribution in [0.1, 0.15) is 53.9 Å². The fraction of sp³-hybridized carbons (Fsp3) is 0.722. The summed E-state index contributed by atoms with van der Waals surface area (Å²) in [6, 6.07) is -3.08. The van der Waals surface area contributed by atoms with Crippen molar-refractivity contribution in [3.05, 3.63) is 0 Å². The van der Waals surface area contributed by atoms with Crippen molar-refractivity contribution in [2.24, 2.45) is 11.7 Å². The minimum Gasteiger partial charge on any atom is -0.481 e. The zero-order chi connectivity index (χ0) is 22.0. The molecule has 0 saturated heterocycles. The number of imide groups is 1. The summed E-state index contributed by atoms with van der Waals surface area (Å²) in [5, 5.41) is 13.8. The third-order valence-corrected chi connectivity index (χ3v) is 3.88. The van der Waals surface area contributed by atoms with E-state index in [1.807, 2.05) is 13.8 Å². The van der Waals surface area contributed by atoms with Crippen LogP contribution in [0.5, 0.6) is 0 Å². The van der Waals surface area contributed by atoms with Gasteiger partial charge in [-0.25, -0.2) is 0 Å². The second-order valence-corrected chi connectivity index (χ2v) is 7.18. The van der Waals surface area contributed by atoms with Crippen molar-refractivity contribution in [1.82, 2.24) is 15.5 Å². The van der Waals surface area contributed by atoms with Crippen LogP contribution in [-0.2, 0) is 24.0 Å². The normalized spacial score (nSPS) is 14.0. The number of nitrogens with two attached hydrogens (primary N) is 1. The molecule has 0 aliphatic rings. The molecule has 0 aromatic rings. The Kier molecular flexibility index (Phi) is 11.0. The van der Waals surface area contributed by atoms with E-state index in [9.17, 15) is 24.0 Å². The first-order valence-electron chi connectivity index (χ1n) is 9.29. The maximum absolute atomic E-state index is 12.5. The highest BCUT2D eigenvalue weighted by atomic mass is 16.4. The first-order valence-corrected chi connectivity index (χ1v) is 9.29. The number of hydrogen-bond acceptors (Lipinski definition) is 6. The van der Waals surface area contributed by atoms with Crippen molar-refractivity contribution in [2.45, 2.75) is 72.0 Å². The largest absolute Gasteiger partial charge is 0.481 e. The highest BCUT2D eigenvalue weighted by molar-refractivity contribution is 6.02. The van der Waals surface area contributed by atoms with Gasteiger partial charge in [0.05, 0.1) is 6.04 Å². The number of carbonyl (C=O) groups excluding carboxylic acids is 4. The molecule has 0 aromatic carbocycles. The number of nitrogens with one attached hydrogen (secondary N) is 2. The smallest absolute Gasteiger partial charge is 0.303 e. The minimum atomic E-state index is -1.20. The fourth-order valence-electron chi connectivity index (χ4n) is 2.24. The molecule has 0 saturated carbocycles. The SMILES string of the molecule is CC(C)CNC(=O)[C@H](C)NC(=O)[C@H](C)N(C(=O)CCCC(=O)O)C(=O)[C@H](C)N. The Morgan fingerprint density at radius 1 is 0.964 bits per heavy atom. The second kappa shape index (κ2) is 12.1. The summed E-state index contributed by atoms with van der Waals surface area (Å²) < 4.78 is 0. The zero-order valence-corrected chi connectivity index (χ0v) is 17.2. The molecule has 0 unspecified atom stereocenters. The molecular weight excluding hydrogens is 368 g/mol. The Bertz CT molecular complexity index is 591. The van der Waals surface area contributed by atoms with Crippen molar-refractivity contribution in [3.8, 4) is 0 Å². The van der Waals surface area contributed by atoms with Gasteiger partial charge >= 0.3 is 5.97 Å². The van der Waals surface area contributed by atoms with Gasteiger partial charge in [-0.3, -0.25) is 28.9 Å². The molecule has 3 atom stereocenters. The van der Waals surface area contributed by atoms with Gasteiger partial charge in [0.2, 0.25) is 23.6 Å². The van der Waals surface area contributed by atoms with Gasteiger partial charge in [-0.15, -0.1) is 0 Å². The van der Waals surface area contributed by atoms with Crippen molar-refractivity contribution < 1.29 is 29.1 Å². The summed E-state index contributed by atoms with van der Waals surface area (Å²) in [6.45, 7) is 8.53. The number of carboxylic acids is 1. The Balaban J connectivity index is 5.10. The highest BCUT2D eigenvalue weighted by Gasteiger charge is 2.33. The molecule has 28 heavy (non-hydrogen) atoms. The molecule has 0 heterocycles. The van der Waals surface area contributed by atoms with Crippen LogP contribution in [0.25, 0.3) is 0 Å². The molecule has 4 amide bonds. The number of aliphatic carboxylic acids is 1. The van der Waals surface area contributed by atoms with E-state index in [1.54, 1.807) is 0 Å². The molecule has 10 heteroatoms. The van der Waals surface area contributed by atoms with Gasteiger partial charge in [0.15, 0.2) is 0 Å². The summed E-state index contributed by atoms with van der Waals surface area (Å²) in [5.41, 5.74) is 5.57. The maximum atomic E-state index is 12.5. The summed E-state index contributed by atoms with van der Waals surface area (Å²) in [6.07, 6.45) is -0.425. The van der Waals surface area contributed by atoms with Gasteiger partial charge in [0.25, 0.3) is 0 Å². The highest BCUT2D eigenvalue weighted by Crippen LogP contribution is 2.09. The van der Waals surface area contributed by atoms with Crippen LogP contribution in [0.4, 0.5) is 0 Å². The van der Waals surface area contributed by atoms with E-state index in [-0.39, 0.29) is 31.1 Å². The topological polar surface area (TPSA) is 159 Å². The lowest BCUT2D eigenvalue weighted by molar-refractivity contribution is -0.152. The van der Waals surface area contributed by atoms with E-state index in [4.69, 9.17) is 10.8 Å². The summed E-state index contributed by atoms with van der Waals surface area (Å²) in [5.74, 6) is -3.33. The third-order valence-electron chi connectivity index (χ3n) is 3.88. The molecule has 0 radical (unpaired) electrons. The number of hydrogen-bond donors (Lipinski definition) is 4. The Morgan fingerprint density at radius 2 is 1.54 bits per heavy atom. The van der Waals surface area contributed by atoms with Gasteiger partial charge in [-0.05, 0) is 33.1 Å². The van der Waals surface area contributed by atoms with E-state index in [0.29, 0.717) is 6.54 Å². The molecule has 5 N–H and O–H groups in total. The summed E-state index contributed by atoms with van der Waals surface area (Å²) in [4.78, 5) is 60.6. The zero-order valence-electron chi connectivity index (χ0n) is 17.2. The molecule has 0 aliphatic carbocycles. The van der Waals surface area contributed by atoms with Crippen LogP contribution in [0.2, 0.25) is 0 Å². The van der Waals surface area contributed by atoms with Gasteiger partial charge in [-0.2, -0.15) is 0 Å². The Morgan fingerprint density at radius 3 is 2.00 bits per heavy atom. The van der Waals surface area contributed by atoms with Crippen LogP contribution >= 0.6 is 0 Å². The molecule has 0 aromatic heterocycles. The van der Waals surface area contributed by atoms with Crippen LogP contribution in [0, 0.1) is 5.92 Å². The lowest BCUT2D eigenvalue weighted by Gasteiger charge is -2.29. The molecule has 0 bridgehead atoms. The van der Waals surface area contributed by atoms with E-state index in [0.717, 1.165) is 4.90 Å². The number of nitrogens with zero attached hydrogens (tertiary/aromatic N) is 1. The van der Waals surface area contributed by atoms with Crippen LogP contribution < -0.4 is 16.4 Å². The molecule has 10 nitrogen and oxygen atoms in total. The molecule has 0 aliphatic heterocycles. The van der Waals surface area contributed by atoms with Crippen LogP contribution in [0.15, 0.2) is 0 Å². The molecule has 0 rings (SSSR count). The third kappa shape index (κ3) is 8.94. The standard InChI is InChI=1S/C18H32N4O6/c1-10(2)9-20-16(26)12(4)21-17(27)13(5)22(18(28)11(3)19)14(23)7-6-8-15(24)25/h10-13H,6-9,19H2,1-5H3,(H,20,26)(H,21,27)(H,24,25)/t11-,12-,13-/m0/s1.